The molecule has 12 heteroatoms. The molecular weight excluding hydrogens is 466 g/mol. The van der Waals surface area contributed by atoms with E-state index in [0.717, 1.165) is 5.56 Å². The highest BCUT2D eigenvalue weighted by molar-refractivity contribution is 5.94. The van der Waals surface area contributed by atoms with Crippen molar-refractivity contribution in [3.05, 3.63) is 54.1 Å². The molecule has 3 amide bonds. The van der Waals surface area contributed by atoms with Crippen LogP contribution in [0.2, 0.25) is 0 Å². The summed E-state index contributed by atoms with van der Waals surface area (Å²) in [5.41, 5.74) is 12.9. The topological polar surface area (TPSA) is 205 Å². The first kappa shape index (κ1) is 28.5. The molecule has 0 bridgehead atoms. The number of nitrogens with two attached hydrogens (primary N) is 2. The molecule has 0 aliphatic heterocycles. The summed E-state index contributed by atoms with van der Waals surface area (Å²) in [6.07, 6.45) is 4.75. The van der Waals surface area contributed by atoms with Crippen LogP contribution in [0.4, 0.5) is 0 Å². The number of H-pyrrole nitrogens is 1. The molecule has 0 saturated heterocycles. The van der Waals surface area contributed by atoms with E-state index >= 15 is 0 Å². The maximum atomic E-state index is 13.0. The number of benzene rings is 1. The predicted molar refractivity (Wildman–Crippen MR) is 132 cm³/mol. The standard InChI is InChI=1S/C24H35N7O5/c1-15(29-22(33)18(26)12-17-13-27-14-28-17)21(32)30-19(9-5-6-10-25)23(34)31-20(24(35)36)11-16-7-3-2-4-8-16/h2-4,7-8,13-15,18-20H,5-6,9-12,25-26H2,1H3,(H,27,28)(H,29,33)(H,30,32)(H,31,34)(H,35,36). The van der Waals surface area contributed by atoms with E-state index in [2.05, 4.69) is 25.9 Å². The Bertz CT molecular complexity index is 984. The summed E-state index contributed by atoms with van der Waals surface area (Å²) in [5.74, 6) is -2.95. The average Bonchev–Trinajstić information content (AvgIpc) is 3.36. The zero-order chi connectivity index (χ0) is 26.5. The molecule has 9 N–H and O–H groups in total. The van der Waals surface area contributed by atoms with E-state index in [0.29, 0.717) is 25.1 Å². The SMILES string of the molecule is CC(NC(=O)C(N)Cc1cnc[nH]1)C(=O)NC(CCCCN)C(=O)NC(Cc1ccccc1)C(=O)O. The number of nitrogens with one attached hydrogen (secondary N) is 4. The summed E-state index contributed by atoms with van der Waals surface area (Å²) in [6, 6.07) is 4.85. The Morgan fingerprint density at radius 1 is 0.972 bits per heavy atom. The molecule has 12 nitrogen and oxygen atoms in total. The van der Waals surface area contributed by atoms with E-state index in [9.17, 15) is 24.3 Å². The quantitative estimate of drug-likeness (QED) is 0.154. The van der Waals surface area contributed by atoms with Crippen LogP contribution in [0.5, 0.6) is 0 Å². The third-order valence-corrected chi connectivity index (χ3v) is 5.56. The number of carbonyl (C=O) groups is 4. The van der Waals surface area contributed by atoms with E-state index in [1.807, 2.05) is 6.07 Å². The molecule has 0 radical (unpaired) electrons. The van der Waals surface area contributed by atoms with Crippen LogP contribution in [-0.2, 0) is 32.0 Å². The van der Waals surface area contributed by atoms with Gasteiger partial charge in [0.2, 0.25) is 17.7 Å². The average molecular weight is 502 g/mol. The zero-order valence-corrected chi connectivity index (χ0v) is 20.3. The minimum Gasteiger partial charge on any atom is -0.480 e. The van der Waals surface area contributed by atoms with Gasteiger partial charge in [0.05, 0.1) is 12.4 Å². The molecule has 0 spiro atoms. The molecule has 4 unspecified atom stereocenters. The van der Waals surface area contributed by atoms with Crippen LogP contribution in [0.1, 0.15) is 37.4 Å². The Morgan fingerprint density at radius 2 is 1.67 bits per heavy atom. The second kappa shape index (κ2) is 14.6. The van der Waals surface area contributed by atoms with E-state index < -0.39 is 47.9 Å². The second-order valence-electron chi connectivity index (χ2n) is 8.55. The smallest absolute Gasteiger partial charge is 0.326 e. The molecular formula is C24H35N7O5. The van der Waals surface area contributed by atoms with Crippen LogP contribution in [0.15, 0.2) is 42.9 Å². The molecule has 1 aromatic heterocycles. The van der Waals surface area contributed by atoms with Gasteiger partial charge in [-0.05, 0) is 38.3 Å². The molecule has 196 valence electrons. The Hall–Kier alpha value is -3.77. The molecule has 2 aromatic rings. The minimum absolute atomic E-state index is 0.0893. The van der Waals surface area contributed by atoms with Gasteiger partial charge in [-0.3, -0.25) is 14.4 Å². The van der Waals surface area contributed by atoms with Crippen LogP contribution >= 0.6 is 0 Å². The van der Waals surface area contributed by atoms with Gasteiger partial charge in [0.15, 0.2) is 0 Å². The second-order valence-corrected chi connectivity index (χ2v) is 8.55. The summed E-state index contributed by atoms with van der Waals surface area (Å²) in [7, 11) is 0. The number of carbonyl (C=O) groups excluding carboxylic acids is 3. The minimum atomic E-state index is -1.19. The highest BCUT2D eigenvalue weighted by Gasteiger charge is 2.28. The van der Waals surface area contributed by atoms with Gasteiger partial charge in [-0.15, -0.1) is 0 Å². The Morgan fingerprint density at radius 3 is 2.28 bits per heavy atom. The van der Waals surface area contributed by atoms with Crippen molar-refractivity contribution in [1.82, 2.24) is 25.9 Å². The van der Waals surface area contributed by atoms with Gasteiger partial charge in [0.25, 0.3) is 0 Å². The Labute approximate surface area is 209 Å². The zero-order valence-electron chi connectivity index (χ0n) is 20.3. The van der Waals surface area contributed by atoms with Crippen molar-refractivity contribution in [2.45, 2.75) is 63.2 Å². The van der Waals surface area contributed by atoms with E-state index in [-0.39, 0.29) is 19.3 Å². The first-order valence-electron chi connectivity index (χ1n) is 11.8. The number of carboxylic acid groups (broad SMARTS) is 1. The molecule has 36 heavy (non-hydrogen) atoms. The van der Waals surface area contributed by atoms with Crippen molar-refractivity contribution in [3.63, 3.8) is 0 Å². The van der Waals surface area contributed by atoms with E-state index in [4.69, 9.17) is 11.5 Å². The molecule has 0 aliphatic carbocycles. The first-order chi connectivity index (χ1) is 17.2. The number of rotatable bonds is 15. The maximum Gasteiger partial charge on any atom is 0.326 e. The van der Waals surface area contributed by atoms with Crippen molar-refractivity contribution in [2.24, 2.45) is 11.5 Å². The summed E-state index contributed by atoms with van der Waals surface area (Å²) in [4.78, 5) is 56.6. The number of aromatic amines is 1. The lowest BCUT2D eigenvalue weighted by atomic mass is 10.0. The van der Waals surface area contributed by atoms with Crippen LogP contribution in [0.25, 0.3) is 0 Å². The number of amides is 3. The fourth-order valence-corrected chi connectivity index (χ4v) is 3.49. The predicted octanol–water partition coefficient (Wildman–Crippen LogP) is -0.790. The number of hydrogen-bond donors (Lipinski definition) is 7. The molecule has 1 aromatic carbocycles. The van der Waals surface area contributed by atoms with Crippen molar-refractivity contribution in [1.29, 1.82) is 0 Å². The lowest BCUT2D eigenvalue weighted by Crippen LogP contribution is -2.56. The monoisotopic (exact) mass is 501 g/mol. The van der Waals surface area contributed by atoms with Gasteiger partial charge in [0.1, 0.15) is 18.1 Å². The molecule has 0 saturated carbocycles. The number of nitrogens with zero attached hydrogens (tertiary/aromatic N) is 1. The highest BCUT2D eigenvalue weighted by Crippen LogP contribution is 2.07. The molecule has 0 fully saturated rings. The number of hydrogen-bond acceptors (Lipinski definition) is 7. The van der Waals surface area contributed by atoms with Gasteiger partial charge in [-0.25, -0.2) is 9.78 Å². The number of aromatic nitrogens is 2. The fraction of sp³-hybridized carbons (Fsp3) is 0.458. The van der Waals surface area contributed by atoms with Gasteiger partial charge in [0, 0.05) is 24.7 Å². The third kappa shape index (κ3) is 9.47. The fourth-order valence-electron chi connectivity index (χ4n) is 3.49. The summed E-state index contributed by atoms with van der Waals surface area (Å²) < 4.78 is 0. The van der Waals surface area contributed by atoms with Crippen molar-refractivity contribution in [3.8, 4) is 0 Å². The van der Waals surface area contributed by atoms with Crippen molar-refractivity contribution in [2.75, 3.05) is 6.54 Å². The summed E-state index contributed by atoms with van der Waals surface area (Å²) in [6.45, 7) is 1.88. The normalized spacial score (nSPS) is 14.2. The molecule has 0 aliphatic rings. The van der Waals surface area contributed by atoms with Crippen molar-refractivity contribution < 1.29 is 24.3 Å². The first-order valence-corrected chi connectivity index (χ1v) is 11.8. The number of aliphatic carboxylic acids is 1. The van der Waals surface area contributed by atoms with Gasteiger partial charge >= 0.3 is 5.97 Å². The highest BCUT2D eigenvalue weighted by atomic mass is 16.4. The Balaban J connectivity index is 1.99. The third-order valence-electron chi connectivity index (χ3n) is 5.56. The van der Waals surface area contributed by atoms with Gasteiger partial charge < -0.3 is 37.5 Å². The molecule has 2 rings (SSSR count). The van der Waals surface area contributed by atoms with Gasteiger partial charge in [-0.1, -0.05) is 30.3 Å². The van der Waals surface area contributed by atoms with E-state index in [1.54, 1.807) is 30.5 Å². The van der Waals surface area contributed by atoms with Crippen LogP contribution < -0.4 is 27.4 Å². The van der Waals surface area contributed by atoms with Crippen LogP contribution in [-0.4, -0.2) is 69.5 Å². The molecule has 1 heterocycles. The van der Waals surface area contributed by atoms with Crippen molar-refractivity contribution >= 4 is 23.7 Å². The molecule has 4 atom stereocenters. The number of unbranched alkanes of at least 4 members (excludes halogenated alkanes) is 1. The number of imidazole rings is 1. The largest absolute Gasteiger partial charge is 0.480 e. The lowest BCUT2D eigenvalue weighted by molar-refractivity contribution is -0.142. The lowest BCUT2D eigenvalue weighted by Gasteiger charge is -2.24. The van der Waals surface area contributed by atoms with Crippen LogP contribution in [0, 0.1) is 0 Å². The number of carboxylic acids is 1. The summed E-state index contributed by atoms with van der Waals surface area (Å²) in [5, 5.41) is 17.3. The Kier molecular flexibility index (Phi) is 11.5. The van der Waals surface area contributed by atoms with E-state index in [1.165, 1.54) is 13.3 Å². The van der Waals surface area contributed by atoms with Gasteiger partial charge in [-0.2, -0.15) is 0 Å². The maximum absolute atomic E-state index is 13.0. The van der Waals surface area contributed by atoms with Crippen LogP contribution in [0.3, 0.4) is 0 Å². The summed E-state index contributed by atoms with van der Waals surface area (Å²) >= 11 is 0.